The van der Waals surface area contributed by atoms with E-state index in [0.29, 0.717) is 12.1 Å². The summed E-state index contributed by atoms with van der Waals surface area (Å²) in [4.78, 5) is 11.9. The van der Waals surface area contributed by atoms with Gasteiger partial charge in [-0.15, -0.1) is 0 Å². The van der Waals surface area contributed by atoms with Gasteiger partial charge >= 0.3 is 5.63 Å². The van der Waals surface area contributed by atoms with Gasteiger partial charge in [0.05, 0.1) is 5.69 Å². The molecule has 0 spiro atoms. The van der Waals surface area contributed by atoms with Crippen LogP contribution < -0.4 is 10.9 Å². The molecule has 0 aliphatic heterocycles. The summed E-state index contributed by atoms with van der Waals surface area (Å²) < 4.78 is 7.46. The number of aromatic nitrogens is 2. The highest BCUT2D eigenvalue weighted by Gasteiger charge is 2.09. The molecule has 0 bridgehead atoms. The third-order valence-electron chi connectivity index (χ3n) is 4.66. The molecule has 132 valence electrons. The van der Waals surface area contributed by atoms with E-state index in [9.17, 15) is 4.79 Å². The summed E-state index contributed by atoms with van der Waals surface area (Å²) in [7, 11) is 0. The SMILES string of the molecule is Cc1cc(C)n(CCCNCc2cc(=O)oc3c(C)c(C)ccc23)n1. The second kappa shape index (κ2) is 7.23. The van der Waals surface area contributed by atoms with Crippen molar-refractivity contribution in [3.05, 3.63) is 62.8 Å². The van der Waals surface area contributed by atoms with Gasteiger partial charge < -0.3 is 9.73 Å². The summed E-state index contributed by atoms with van der Waals surface area (Å²) in [6, 6.07) is 7.79. The Morgan fingerprint density at radius 1 is 1.16 bits per heavy atom. The molecule has 5 nitrogen and oxygen atoms in total. The lowest BCUT2D eigenvalue weighted by molar-refractivity contribution is 0.529. The van der Waals surface area contributed by atoms with Gasteiger partial charge in [0.25, 0.3) is 0 Å². The molecule has 1 N–H and O–H groups in total. The molecule has 1 aromatic carbocycles. The summed E-state index contributed by atoms with van der Waals surface area (Å²) in [6.07, 6.45) is 0.986. The molecule has 0 saturated carbocycles. The van der Waals surface area contributed by atoms with E-state index in [-0.39, 0.29) is 5.63 Å². The molecule has 0 amide bonds. The van der Waals surface area contributed by atoms with E-state index in [1.165, 1.54) is 5.69 Å². The molecule has 0 unspecified atom stereocenters. The van der Waals surface area contributed by atoms with Crippen LogP contribution in [0.25, 0.3) is 11.0 Å². The Hall–Kier alpha value is -2.40. The molecule has 0 saturated heterocycles. The van der Waals surface area contributed by atoms with Crippen LogP contribution in [-0.4, -0.2) is 16.3 Å². The topological polar surface area (TPSA) is 60.1 Å². The van der Waals surface area contributed by atoms with Crippen molar-refractivity contribution >= 4 is 11.0 Å². The monoisotopic (exact) mass is 339 g/mol. The van der Waals surface area contributed by atoms with Gasteiger partial charge in [0.2, 0.25) is 0 Å². The van der Waals surface area contributed by atoms with Gasteiger partial charge in [0.15, 0.2) is 0 Å². The minimum atomic E-state index is -0.291. The van der Waals surface area contributed by atoms with E-state index < -0.39 is 0 Å². The summed E-state index contributed by atoms with van der Waals surface area (Å²) in [5.74, 6) is 0. The number of fused-ring (bicyclic) bond motifs is 1. The highest BCUT2D eigenvalue weighted by Crippen LogP contribution is 2.23. The molecular weight excluding hydrogens is 314 g/mol. The molecule has 25 heavy (non-hydrogen) atoms. The number of hydrogen-bond donors (Lipinski definition) is 1. The number of rotatable bonds is 6. The van der Waals surface area contributed by atoms with Crippen LogP contribution in [0.15, 0.2) is 33.5 Å². The molecule has 0 aliphatic rings. The Kier molecular flexibility index (Phi) is 5.04. The van der Waals surface area contributed by atoms with Crippen LogP contribution >= 0.6 is 0 Å². The molecule has 0 atom stereocenters. The molecular formula is C20H25N3O2. The second-order valence-electron chi connectivity index (χ2n) is 6.66. The summed E-state index contributed by atoms with van der Waals surface area (Å²) in [6.45, 7) is 10.5. The van der Waals surface area contributed by atoms with Crippen LogP contribution in [0.4, 0.5) is 0 Å². The smallest absolute Gasteiger partial charge is 0.336 e. The average molecular weight is 339 g/mol. The third kappa shape index (κ3) is 3.82. The standard InChI is InChI=1S/C20H25N3O2/c1-13-6-7-18-17(11-19(24)25-20(18)16(13)4)12-21-8-5-9-23-15(3)10-14(2)22-23/h6-7,10-11,21H,5,8-9,12H2,1-4H3. The van der Waals surface area contributed by atoms with Crippen LogP contribution in [-0.2, 0) is 13.1 Å². The first-order valence-corrected chi connectivity index (χ1v) is 8.70. The number of benzene rings is 1. The van der Waals surface area contributed by atoms with E-state index >= 15 is 0 Å². The average Bonchev–Trinajstić information content (AvgIpc) is 2.88. The first kappa shape index (κ1) is 17.4. The van der Waals surface area contributed by atoms with Crippen molar-refractivity contribution in [1.82, 2.24) is 15.1 Å². The highest BCUT2D eigenvalue weighted by atomic mass is 16.4. The number of aryl methyl sites for hydroxylation is 5. The third-order valence-corrected chi connectivity index (χ3v) is 4.66. The Balaban J connectivity index is 1.64. The highest BCUT2D eigenvalue weighted by molar-refractivity contribution is 5.83. The van der Waals surface area contributed by atoms with Crippen molar-refractivity contribution in [2.24, 2.45) is 0 Å². The Labute approximate surface area is 147 Å². The predicted octanol–water partition coefficient (Wildman–Crippen LogP) is 3.40. The minimum absolute atomic E-state index is 0.291. The number of nitrogens with one attached hydrogen (secondary N) is 1. The predicted molar refractivity (Wildman–Crippen MR) is 100.0 cm³/mol. The molecule has 0 aliphatic carbocycles. The van der Waals surface area contributed by atoms with Crippen LogP contribution in [0.2, 0.25) is 0 Å². The maximum atomic E-state index is 11.9. The van der Waals surface area contributed by atoms with Crippen molar-refractivity contribution in [2.75, 3.05) is 6.54 Å². The molecule has 3 rings (SSSR count). The zero-order valence-corrected chi connectivity index (χ0v) is 15.3. The van der Waals surface area contributed by atoms with Gasteiger partial charge in [-0.1, -0.05) is 12.1 Å². The van der Waals surface area contributed by atoms with Gasteiger partial charge in [0.1, 0.15) is 5.58 Å². The van der Waals surface area contributed by atoms with E-state index in [0.717, 1.165) is 47.3 Å². The van der Waals surface area contributed by atoms with E-state index in [2.05, 4.69) is 29.5 Å². The Morgan fingerprint density at radius 3 is 2.68 bits per heavy atom. The van der Waals surface area contributed by atoms with Crippen LogP contribution in [0, 0.1) is 27.7 Å². The molecule has 5 heteroatoms. The van der Waals surface area contributed by atoms with E-state index in [1.54, 1.807) is 6.07 Å². The van der Waals surface area contributed by atoms with Gasteiger partial charge in [-0.25, -0.2) is 4.79 Å². The largest absolute Gasteiger partial charge is 0.422 e. The molecule has 3 aromatic rings. The summed E-state index contributed by atoms with van der Waals surface area (Å²) >= 11 is 0. The maximum Gasteiger partial charge on any atom is 0.336 e. The van der Waals surface area contributed by atoms with Crippen LogP contribution in [0.1, 0.15) is 34.5 Å². The first-order valence-electron chi connectivity index (χ1n) is 8.70. The lowest BCUT2D eigenvalue weighted by atomic mass is 10.0. The van der Waals surface area contributed by atoms with E-state index in [1.807, 2.05) is 31.5 Å². The van der Waals surface area contributed by atoms with Crippen molar-refractivity contribution in [3.63, 3.8) is 0 Å². The normalized spacial score (nSPS) is 11.4. The van der Waals surface area contributed by atoms with Gasteiger partial charge in [0, 0.05) is 30.2 Å². The van der Waals surface area contributed by atoms with Gasteiger partial charge in [-0.05, 0) is 63.4 Å². The Morgan fingerprint density at radius 2 is 1.96 bits per heavy atom. The lowest BCUT2D eigenvalue weighted by Crippen LogP contribution is -2.18. The Bertz CT molecular complexity index is 953. The van der Waals surface area contributed by atoms with Gasteiger partial charge in [-0.3, -0.25) is 4.68 Å². The lowest BCUT2D eigenvalue weighted by Gasteiger charge is -2.10. The minimum Gasteiger partial charge on any atom is -0.422 e. The van der Waals surface area contributed by atoms with Crippen LogP contribution in [0.3, 0.4) is 0 Å². The molecule has 0 fully saturated rings. The van der Waals surface area contributed by atoms with Crippen molar-refractivity contribution < 1.29 is 4.42 Å². The number of nitrogens with zero attached hydrogens (tertiary/aromatic N) is 2. The van der Waals surface area contributed by atoms with E-state index in [4.69, 9.17) is 4.42 Å². The zero-order chi connectivity index (χ0) is 18.0. The summed E-state index contributed by atoms with van der Waals surface area (Å²) in [5, 5.41) is 8.91. The molecule has 2 aromatic heterocycles. The maximum absolute atomic E-state index is 11.9. The van der Waals surface area contributed by atoms with Crippen LogP contribution in [0.5, 0.6) is 0 Å². The quantitative estimate of drug-likeness (QED) is 0.552. The summed E-state index contributed by atoms with van der Waals surface area (Å²) in [5.41, 5.74) is 5.80. The van der Waals surface area contributed by atoms with Crippen molar-refractivity contribution in [3.8, 4) is 0 Å². The fourth-order valence-corrected chi connectivity index (χ4v) is 3.15. The number of hydrogen-bond acceptors (Lipinski definition) is 4. The fraction of sp³-hybridized carbons (Fsp3) is 0.400. The molecule has 2 heterocycles. The van der Waals surface area contributed by atoms with Crippen molar-refractivity contribution in [2.45, 2.75) is 47.2 Å². The second-order valence-corrected chi connectivity index (χ2v) is 6.66. The van der Waals surface area contributed by atoms with Crippen molar-refractivity contribution in [1.29, 1.82) is 0 Å². The fourth-order valence-electron chi connectivity index (χ4n) is 3.15. The zero-order valence-electron chi connectivity index (χ0n) is 15.3. The first-order chi connectivity index (χ1) is 12.0. The molecule has 0 radical (unpaired) electrons. The van der Waals surface area contributed by atoms with Gasteiger partial charge in [-0.2, -0.15) is 5.10 Å².